The van der Waals surface area contributed by atoms with Gasteiger partial charge in [-0.15, -0.1) is 0 Å². The largest absolute Gasteiger partial charge is 0.494 e. The van der Waals surface area contributed by atoms with Gasteiger partial charge >= 0.3 is 7.12 Å². The van der Waals surface area contributed by atoms with Crippen molar-refractivity contribution in [3.05, 3.63) is 29.8 Å². The predicted octanol–water partition coefficient (Wildman–Crippen LogP) is 3.18. The van der Waals surface area contributed by atoms with E-state index in [2.05, 4.69) is 0 Å². The molecular weight excluding hydrogens is 371 g/mol. The van der Waals surface area contributed by atoms with E-state index < -0.39 is 17.9 Å². The highest BCUT2D eigenvalue weighted by atomic mass is 32.2. The molecule has 3 saturated heterocycles. The van der Waals surface area contributed by atoms with E-state index in [0.717, 1.165) is 43.1 Å². The number of Topliss-reactive ketones (excluding diaryl/α,β-unsaturated/α-hetero) is 1. The molecule has 1 aromatic rings. The molecule has 0 aromatic heterocycles. The van der Waals surface area contributed by atoms with E-state index in [1.807, 2.05) is 52.0 Å². The van der Waals surface area contributed by atoms with E-state index in [4.69, 9.17) is 9.31 Å². The fourth-order valence-corrected chi connectivity index (χ4v) is 6.86. The fourth-order valence-electron chi connectivity index (χ4n) is 4.67. The molecule has 152 valence electrons. The minimum Gasteiger partial charge on any atom is -0.399 e. The number of fused-ring (bicyclic) bond motifs is 2. The summed E-state index contributed by atoms with van der Waals surface area (Å²) in [5.74, 6) is 0.355. The average molecular weight is 402 g/mol. The summed E-state index contributed by atoms with van der Waals surface area (Å²) < 4.78 is 24.7. The summed E-state index contributed by atoms with van der Waals surface area (Å²) in [5, 5.41) is 0.468. The van der Waals surface area contributed by atoms with Crippen LogP contribution in [0.1, 0.15) is 65.4 Å². The fraction of sp³-hybridized carbons (Fsp3) is 0.682. The molecule has 4 rings (SSSR count). The molecule has 0 aliphatic carbocycles. The standard InChI is InChI=1S/C22H31BO4S/c1-21(2)22(3,4)27-23(26-21)17-8-5-7-15(11-17)12-20(24)16-13-18-9-6-10-19(14-16)28(18)25/h5,7-8,11,16,18-19H,6,9-10,12-14H2,1-4H3. The summed E-state index contributed by atoms with van der Waals surface area (Å²) in [7, 11) is -1.13. The maximum atomic E-state index is 13.0. The highest BCUT2D eigenvalue weighted by Gasteiger charge is 2.51. The lowest BCUT2D eigenvalue weighted by Crippen LogP contribution is -2.42. The Hall–Kier alpha value is -0.975. The van der Waals surface area contributed by atoms with Crippen LogP contribution in [0.15, 0.2) is 24.3 Å². The van der Waals surface area contributed by atoms with Gasteiger partial charge in [0, 0.05) is 33.6 Å². The van der Waals surface area contributed by atoms with Gasteiger partial charge in [0.05, 0.1) is 11.2 Å². The Labute approximate surface area is 171 Å². The van der Waals surface area contributed by atoms with Gasteiger partial charge in [-0.1, -0.05) is 30.7 Å². The molecule has 1 aromatic carbocycles. The average Bonchev–Trinajstić information content (AvgIpc) is 2.82. The normalized spacial score (nSPS) is 33.6. The second-order valence-electron chi connectivity index (χ2n) is 9.65. The first-order valence-corrected chi connectivity index (χ1v) is 11.8. The SMILES string of the molecule is CC1(C)OB(c2cccc(CC(=O)C3CC4CCCC(C3)S4=O)c2)OC1(C)C. The van der Waals surface area contributed by atoms with Crippen LogP contribution < -0.4 is 5.46 Å². The molecule has 3 fully saturated rings. The van der Waals surface area contributed by atoms with Crippen molar-refractivity contribution in [2.24, 2.45) is 5.92 Å². The lowest BCUT2D eigenvalue weighted by atomic mass is 9.77. The number of carbonyl (C=O) groups is 1. The van der Waals surface area contributed by atoms with E-state index in [1.165, 1.54) is 0 Å². The maximum absolute atomic E-state index is 13.0. The summed E-state index contributed by atoms with van der Waals surface area (Å²) >= 11 is 0. The summed E-state index contributed by atoms with van der Waals surface area (Å²) in [6.07, 6.45) is 5.24. The van der Waals surface area contributed by atoms with Crippen LogP contribution in [0.25, 0.3) is 0 Å². The molecule has 0 saturated carbocycles. The summed E-state index contributed by atoms with van der Waals surface area (Å²) in [5.41, 5.74) is 1.22. The number of ketones is 1. The van der Waals surface area contributed by atoms with Crippen LogP contribution in [0.2, 0.25) is 0 Å². The Bertz CT molecular complexity index is 758. The van der Waals surface area contributed by atoms with Crippen molar-refractivity contribution in [2.45, 2.75) is 87.9 Å². The molecule has 0 N–H and O–H groups in total. The first-order valence-electron chi connectivity index (χ1n) is 10.5. The van der Waals surface area contributed by atoms with E-state index in [1.54, 1.807) is 0 Å². The number of rotatable bonds is 4. The van der Waals surface area contributed by atoms with Gasteiger partial charge in [-0.05, 0) is 64.4 Å². The molecule has 4 nitrogen and oxygen atoms in total. The van der Waals surface area contributed by atoms with E-state index in [-0.39, 0.29) is 27.6 Å². The molecule has 3 heterocycles. The van der Waals surface area contributed by atoms with Crippen LogP contribution in [-0.2, 0) is 31.3 Å². The zero-order chi connectivity index (χ0) is 20.1. The molecule has 3 aliphatic rings. The topological polar surface area (TPSA) is 52.6 Å². The Morgan fingerprint density at radius 2 is 1.71 bits per heavy atom. The van der Waals surface area contributed by atoms with Crippen molar-refractivity contribution >= 4 is 29.2 Å². The van der Waals surface area contributed by atoms with E-state index >= 15 is 0 Å². The van der Waals surface area contributed by atoms with Crippen LogP contribution in [0, 0.1) is 5.92 Å². The molecular formula is C22H31BO4S. The van der Waals surface area contributed by atoms with Crippen LogP contribution in [0.4, 0.5) is 0 Å². The lowest BCUT2D eigenvalue weighted by Gasteiger charge is -2.37. The van der Waals surface area contributed by atoms with Crippen molar-refractivity contribution in [1.82, 2.24) is 0 Å². The Morgan fingerprint density at radius 1 is 1.11 bits per heavy atom. The van der Waals surface area contributed by atoms with Gasteiger partial charge in [-0.2, -0.15) is 0 Å². The van der Waals surface area contributed by atoms with Gasteiger partial charge < -0.3 is 9.31 Å². The molecule has 0 radical (unpaired) electrons. The van der Waals surface area contributed by atoms with Gasteiger partial charge in [-0.25, -0.2) is 0 Å². The molecule has 6 heteroatoms. The van der Waals surface area contributed by atoms with Crippen molar-refractivity contribution in [2.75, 3.05) is 0 Å². The predicted molar refractivity (Wildman–Crippen MR) is 113 cm³/mol. The summed E-state index contributed by atoms with van der Waals surface area (Å²) in [4.78, 5) is 13.0. The van der Waals surface area contributed by atoms with E-state index in [9.17, 15) is 9.00 Å². The molecule has 2 atom stereocenters. The quantitative estimate of drug-likeness (QED) is 0.726. The summed E-state index contributed by atoms with van der Waals surface area (Å²) in [6.45, 7) is 8.18. The summed E-state index contributed by atoms with van der Waals surface area (Å²) in [6, 6.07) is 8.04. The minimum atomic E-state index is -0.725. The van der Waals surface area contributed by atoms with Crippen LogP contribution in [-0.4, -0.2) is 38.8 Å². The third-order valence-corrected chi connectivity index (χ3v) is 9.28. The van der Waals surface area contributed by atoms with Crippen LogP contribution >= 0.6 is 0 Å². The first-order chi connectivity index (χ1) is 13.2. The monoisotopic (exact) mass is 402 g/mol. The Kier molecular flexibility index (Phi) is 5.34. The van der Waals surface area contributed by atoms with Gasteiger partial charge in [0.2, 0.25) is 0 Å². The lowest BCUT2D eigenvalue weighted by molar-refractivity contribution is -0.122. The van der Waals surface area contributed by atoms with Gasteiger partial charge in [0.15, 0.2) is 0 Å². The second-order valence-corrected chi connectivity index (χ2v) is 11.6. The number of carbonyl (C=O) groups excluding carboxylic acids is 1. The smallest absolute Gasteiger partial charge is 0.399 e. The van der Waals surface area contributed by atoms with Crippen LogP contribution in [0.5, 0.6) is 0 Å². The molecule has 28 heavy (non-hydrogen) atoms. The number of hydrogen-bond acceptors (Lipinski definition) is 4. The van der Waals surface area contributed by atoms with Crippen LogP contribution in [0.3, 0.4) is 0 Å². The maximum Gasteiger partial charge on any atom is 0.494 e. The highest BCUT2D eigenvalue weighted by molar-refractivity contribution is 7.86. The minimum absolute atomic E-state index is 0.0634. The van der Waals surface area contributed by atoms with Crippen molar-refractivity contribution in [3.8, 4) is 0 Å². The zero-order valence-electron chi connectivity index (χ0n) is 17.4. The third-order valence-electron chi connectivity index (χ3n) is 7.11. The number of benzene rings is 1. The van der Waals surface area contributed by atoms with Crippen molar-refractivity contribution in [3.63, 3.8) is 0 Å². The van der Waals surface area contributed by atoms with Gasteiger partial charge in [-0.3, -0.25) is 9.00 Å². The molecule has 2 bridgehead atoms. The zero-order valence-corrected chi connectivity index (χ0v) is 18.2. The van der Waals surface area contributed by atoms with E-state index in [0.29, 0.717) is 12.2 Å². The molecule has 2 unspecified atom stereocenters. The molecule has 0 amide bonds. The van der Waals surface area contributed by atoms with Crippen molar-refractivity contribution < 1.29 is 18.3 Å². The number of hydrogen-bond donors (Lipinski definition) is 0. The van der Waals surface area contributed by atoms with Gasteiger partial charge in [0.1, 0.15) is 5.78 Å². The Morgan fingerprint density at radius 3 is 2.32 bits per heavy atom. The van der Waals surface area contributed by atoms with Gasteiger partial charge in [0.25, 0.3) is 0 Å². The van der Waals surface area contributed by atoms with Crippen molar-refractivity contribution in [1.29, 1.82) is 0 Å². The highest BCUT2D eigenvalue weighted by Crippen LogP contribution is 2.38. The second kappa shape index (κ2) is 7.37. The Balaban J connectivity index is 1.44. The molecule has 0 spiro atoms. The first kappa shape index (κ1) is 20.3. The molecule has 3 aliphatic heterocycles. The third kappa shape index (κ3) is 3.75.